The Balaban J connectivity index is 2.00. The van der Waals surface area contributed by atoms with Crippen LogP contribution in [0.1, 0.15) is 40.6 Å². The molecule has 1 aromatic carbocycles. The van der Waals surface area contributed by atoms with Gasteiger partial charge in [-0.3, -0.25) is 4.79 Å². The van der Waals surface area contributed by atoms with Crippen molar-refractivity contribution in [3.63, 3.8) is 0 Å². The van der Waals surface area contributed by atoms with Crippen LogP contribution in [0.5, 0.6) is 0 Å². The Hall–Kier alpha value is -2.56. The zero-order chi connectivity index (χ0) is 15.1. The van der Waals surface area contributed by atoms with E-state index in [1.165, 1.54) is 0 Å². The first-order valence-corrected chi connectivity index (χ1v) is 6.92. The van der Waals surface area contributed by atoms with Crippen molar-refractivity contribution in [1.29, 1.82) is 0 Å². The summed E-state index contributed by atoms with van der Waals surface area (Å²) in [5.74, 6) is -0.629. The van der Waals surface area contributed by atoms with Gasteiger partial charge in [-0.1, -0.05) is 19.4 Å². The quantitative estimate of drug-likeness (QED) is 0.632. The summed E-state index contributed by atoms with van der Waals surface area (Å²) in [6.07, 6.45) is 3.49. The van der Waals surface area contributed by atoms with E-state index in [-0.39, 0.29) is 11.9 Å². The van der Waals surface area contributed by atoms with E-state index in [1.807, 2.05) is 6.92 Å². The molecular weight excluding hydrogens is 268 g/mol. The van der Waals surface area contributed by atoms with Crippen LogP contribution in [0, 0.1) is 0 Å². The molecule has 0 spiro atoms. The SMILES string of the molecule is CCCCOC(=O)c1cccc(NC(=O)c2ccc[nH]2)c1. The summed E-state index contributed by atoms with van der Waals surface area (Å²) < 4.78 is 5.14. The highest BCUT2D eigenvalue weighted by Gasteiger charge is 2.10. The number of esters is 1. The third-order valence-corrected chi connectivity index (χ3v) is 2.93. The minimum Gasteiger partial charge on any atom is -0.462 e. The average Bonchev–Trinajstić information content (AvgIpc) is 3.02. The summed E-state index contributed by atoms with van der Waals surface area (Å²) in [6, 6.07) is 10.1. The number of carbonyl (C=O) groups excluding carboxylic acids is 2. The van der Waals surface area contributed by atoms with Gasteiger partial charge in [-0.05, 0) is 36.8 Å². The van der Waals surface area contributed by atoms with E-state index in [0.29, 0.717) is 23.6 Å². The molecule has 5 nitrogen and oxygen atoms in total. The summed E-state index contributed by atoms with van der Waals surface area (Å²) in [5, 5.41) is 2.73. The normalized spacial score (nSPS) is 10.1. The van der Waals surface area contributed by atoms with Crippen molar-refractivity contribution < 1.29 is 14.3 Å². The van der Waals surface area contributed by atoms with Crippen LogP contribution >= 0.6 is 0 Å². The summed E-state index contributed by atoms with van der Waals surface area (Å²) in [5.41, 5.74) is 1.45. The summed E-state index contributed by atoms with van der Waals surface area (Å²) in [6.45, 7) is 2.44. The molecule has 0 aliphatic rings. The minimum absolute atomic E-state index is 0.253. The summed E-state index contributed by atoms with van der Waals surface area (Å²) in [4.78, 5) is 26.6. The number of amides is 1. The lowest BCUT2D eigenvalue weighted by molar-refractivity contribution is 0.0499. The standard InChI is InChI=1S/C16H18N2O3/c1-2-3-10-21-16(20)12-6-4-7-13(11-12)18-15(19)14-8-5-9-17-14/h4-9,11,17H,2-3,10H2,1H3,(H,18,19). The average molecular weight is 286 g/mol. The topological polar surface area (TPSA) is 71.2 Å². The number of unbranched alkanes of at least 4 members (excludes halogenated alkanes) is 1. The number of H-pyrrole nitrogens is 1. The molecule has 0 unspecified atom stereocenters. The highest BCUT2D eigenvalue weighted by Crippen LogP contribution is 2.13. The van der Waals surface area contributed by atoms with E-state index in [4.69, 9.17) is 4.74 Å². The molecule has 2 aromatic rings. The van der Waals surface area contributed by atoms with Gasteiger partial charge in [0.05, 0.1) is 12.2 Å². The van der Waals surface area contributed by atoms with E-state index in [0.717, 1.165) is 12.8 Å². The number of anilines is 1. The van der Waals surface area contributed by atoms with Crippen molar-refractivity contribution in [2.24, 2.45) is 0 Å². The largest absolute Gasteiger partial charge is 0.462 e. The summed E-state index contributed by atoms with van der Waals surface area (Å²) in [7, 11) is 0. The van der Waals surface area contributed by atoms with Gasteiger partial charge in [-0.25, -0.2) is 4.79 Å². The molecule has 0 saturated carbocycles. The van der Waals surface area contributed by atoms with Crippen molar-refractivity contribution in [2.75, 3.05) is 11.9 Å². The van der Waals surface area contributed by atoms with E-state index in [9.17, 15) is 9.59 Å². The molecule has 0 atom stereocenters. The second-order valence-electron chi connectivity index (χ2n) is 4.61. The molecule has 0 saturated heterocycles. The van der Waals surface area contributed by atoms with Gasteiger partial charge >= 0.3 is 5.97 Å². The van der Waals surface area contributed by atoms with E-state index >= 15 is 0 Å². The van der Waals surface area contributed by atoms with Crippen LogP contribution in [0.4, 0.5) is 5.69 Å². The van der Waals surface area contributed by atoms with Gasteiger partial charge in [0.2, 0.25) is 0 Å². The van der Waals surface area contributed by atoms with Crippen LogP contribution in [0.25, 0.3) is 0 Å². The first-order valence-electron chi connectivity index (χ1n) is 6.92. The van der Waals surface area contributed by atoms with Crippen LogP contribution in [0.3, 0.4) is 0 Å². The van der Waals surface area contributed by atoms with E-state index < -0.39 is 0 Å². The summed E-state index contributed by atoms with van der Waals surface area (Å²) >= 11 is 0. The number of aromatic amines is 1. The van der Waals surface area contributed by atoms with Gasteiger partial charge in [0.1, 0.15) is 5.69 Å². The number of nitrogens with one attached hydrogen (secondary N) is 2. The van der Waals surface area contributed by atoms with Crippen LogP contribution in [0.15, 0.2) is 42.6 Å². The fourth-order valence-corrected chi connectivity index (χ4v) is 1.79. The predicted molar refractivity (Wildman–Crippen MR) is 80.4 cm³/mol. The Morgan fingerprint density at radius 1 is 1.24 bits per heavy atom. The molecule has 0 aliphatic heterocycles. The maximum atomic E-state index is 11.9. The van der Waals surface area contributed by atoms with Crippen molar-refractivity contribution >= 4 is 17.6 Å². The Morgan fingerprint density at radius 2 is 2.10 bits per heavy atom. The van der Waals surface area contributed by atoms with Gasteiger partial charge in [0.15, 0.2) is 0 Å². The van der Waals surface area contributed by atoms with Gasteiger partial charge in [0.25, 0.3) is 5.91 Å². The first-order chi connectivity index (χ1) is 10.2. The predicted octanol–water partition coefficient (Wildman–Crippen LogP) is 3.22. The lowest BCUT2D eigenvalue weighted by Gasteiger charge is -2.07. The van der Waals surface area contributed by atoms with Gasteiger partial charge in [-0.15, -0.1) is 0 Å². The zero-order valence-corrected chi connectivity index (χ0v) is 11.9. The number of hydrogen-bond acceptors (Lipinski definition) is 3. The molecule has 0 bridgehead atoms. The monoisotopic (exact) mass is 286 g/mol. The number of rotatable bonds is 6. The van der Waals surface area contributed by atoms with Gasteiger partial charge in [-0.2, -0.15) is 0 Å². The molecule has 0 radical (unpaired) electrons. The number of hydrogen-bond donors (Lipinski definition) is 2. The van der Waals surface area contributed by atoms with E-state index in [2.05, 4.69) is 10.3 Å². The third kappa shape index (κ3) is 4.21. The number of benzene rings is 1. The molecular formula is C16H18N2O3. The molecule has 0 fully saturated rings. The van der Waals surface area contributed by atoms with E-state index in [1.54, 1.807) is 42.6 Å². The Bertz CT molecular complexity index is 606. The molecule has 0 aliphatic carbocycles. The van der Waals surface area contributed by atoms with Crippen molar-refractivity contribution in [3.8, 4) is 0 Å². The maximum Gasteiger partial charge on any atom is 0.338 e. The molecule has 21 heavy (non-hydrogen) atoms. The fraction of sp³-hybridized carbons (Fsp3) is 0.250. The number of carbonyl (C=O) groups is 2. The third-order valence-electron chi connectivity index (χ3n) is 2.93. The number of ether oxygens (including phenoxy) is 1. The van der Waals surface area contributed by atoms with Crippen LogP contribution in [-0.2, 0) is 4.74 Å². The van der Waals surface area contributed by atoms with Crippen LogP contribution in [-0.4, -0.2) is 23.5 Å². The molecule has 1 amide bonds. The highest BCUT2D eigenvalue weighted by molar-refractivity contribution is 6.03. The van der Waals surface area contributed by atoms with Gasteiger partial charge < -0.3 is 15.0 Å². The second-order valence-corrected chi connectivity index (χ2v) is 4.61. The molecule has 2 N–H and O–H groups in total. The second kappa shape index (κ2) is 7.28. The Morgan fingerprint density at radius 3 is 2.81 bits per heavy atom. The Kier molecular flexibility index (Phi) is 5.15. The fourth-order valence-electron chi connectivity index (χ4n) is 1.79. The minimum atomic E-state index is -0.376. The van der Waals surface area contributed by atoms with Crippen molar-refractivity contribution in [2.45, 2.75) is 19.8 Å². The number of aromatic nitrogens is 1. The molecule has 110 valence electrons. The van der Waals surface area contributed by atoms with Crippen molar-refractivity contribution in [3.05, 3.63) is 53.9 Å². The van der Waals surface area contributed by atoms with Crippen LogP contribution in [0.2, 0.25) is 0 Å². The first kappa shape index (κ1) is 14.8. The zero-order valence-electron chi connectivity index (χ0n) is 11.9. The molecule has 5 heteroatoms. The van der Waals surface area contributed by atoms with Crippen LogP contribution < -0.4 is 5.32 Å². The smallest absolute Gasteiger partial charge is 0.338 e. The molecule has 2 rings (SSSR count). The maximum absolute atomic E-state index is 11.9. The van der Waals surface area contributed by atoms with Crippen molar-refractivity contribution in [1.82, 2.24) is 4.98 Å². The molecule has 1 aromatic heterocycles. The lowest BCUT2D eigenvalue weighted by atomic mass is 10.2. The Labute approximate surface area is 123 Å². The molecule has 1 heterocycles. The lowest BCUT2D eigenvalue weighted by Crippen LogP contribution is -2.13. The highest BCUT2D eigenvalue weighted by atomic mass is 16.5. The van der Waals surface area contributed by atoms with Gasteiger partial charge in [0, 0.05) is 11.9 Å².